The number of pyridine rings is 3. The summed E-state index contributed by atoms with van der Waals surface area (Å²) < 4.78 is 2.35. The molecule has 81 heavy (non-hydrogen) atoms. The number of aromatic nitrogens is 4. The molecule has 10 aromatic rings. The lowest BCUT2D eigenvalue weighted by molar-refractivity contribution is 0.815. The van der Waals surface area contributed by atoms with Crippen LogP contribution >= 0.6 is 0 Å². The topological polar surface area (TPSA) is 56.0 Å². The van der Waals surface area contributed by atoms with E-state index in [9.17, 15) is 0 Å². The van der Waals surface area contributed by atoms with Crippen LogP contribution < -0.4 is 0 Å². The molecule has 0 bridgehead atoms. The largest absolute Gasteiger partial charge is 0.294 e. The highest BCUT2D eigenvalue weighted by atomic mass is 15.1. The number of aliphatic imine (C=N–C) groups is 1. The highest BCUT2D eigenvalue weighted by Gasteiger charge is 2.48. The Morgan fingerprint density at radius 2 is 1.11 bits per heavy atom. The first-order valence-corrected chi connectivity index (χ1v) is 28.4. The fourth-order valence-electron chi connectivity index (χ4n) is 13.0. The molecule has 5 aliphatic rings. The van der Waals surface area contributed by atoms with Gasteiger partial charge in [0.1, 0.15) is 5.82 Å². The molecule has 4 unspecified atom stereocenters. The van der Waals surface area contributed by atoms with Gasteiger partial charge in [-0.1, -0.05) is 201 Å². The van der Waals surface area contributed by atoms with E-state index in [-0.39, 0.29) is 17.8 Å². The molecule has 6 aromatic carbocycles. The van der Waals surface area contributed by atoms with Gasteiger partial charge in [-0.2, -0.15) is 0 Å². The summed E-state index contributed by atoms with van der Waals surface area (Å²) in [5, 5.41) is 2.48. The molecular weight excluding hydrogens is 983 g/mol. The minimum atomic E-state index is 0.0205. The first-order chi connectivity index (χ1) is 40.0. The maximum atomic E-state index is 5.66. The Morgan fingerprint density at radius 3 is 1.75 bits per heavy atom. The highest BCUT2D eigenvalue weighted by molar-refractivity contribution is 6.11. The quantitative estimate of drug-likeness (QED) is 0.108. The summed E-state index contributed by atoms with van der Waals surface area (Å²) in [5.74, 6) is 2.97. The molecule has 6 atom stereocenters. The Labute approximate surface area is 473 Å². The lowest BCUT2D eigenvalue weighted by Gasteiger charge is -2.24. The van der Waals surface area contributed by atoms with Crippen LogP contribution in [0, 0.1) is 17.8 Å². The van der Waals surface area contributed by atoms with Crippen molar-refractivity contribution in [2.75, 3.05) is 0 Å². The number of nitrogens with zero attached hydrogens (tertiary/aromatic N) is 5. The van der Waals surface area contributed by atoms with Gasteiger partial charge in [0.2, 0.25) is 0 Å². The van der Waals surface area contributed by atoms with Gasteiger partial charge in [0.05, 0.1) is 33.8 Å². The number of hydrogen-bond donors (Lipinski definition) is 0. The molecule has 5 nitrogen and oxygen atoms in total. The number of rotatable bonds is 13. The zero-order valence-electron chi connectivity index (χ0n) is 44.9. The van der Waals surface area contributed by atoms with E-state index < -0.39 is 0 Å². The van der Waals surface area contributed by atoms with Crippen LogP contribution in [0.3, 0.4) is 0 Å². The molecule has 5 heteroatoms. The Hall–Kier alpha value is -9.84. The maximum absolute atomic E-state index is 5.66. The van der Waals surface area contributed by atoms with Crippen molar-refractivity contribution < 1.29 is 0 Å². The van der Waals surface area contributed by atoms with Gasteiger partial charge >= 0.3 is 0 Å². The van der Waals surface area contributed by atoms with E-state index >= 15 is 0 Å². The third-order valence-corrected chi connectivity index (χ3v) is 17.3. The number of benzene rings is 6. The van der Waals surface area contributed by atoms with Crippen LogP contribution in [0.4, 0.5) is 0 Å². The van der Waals surface area contributed by atoms with Gasteiger partial charge in [-0.15, -0.1) is 6.58 Å². The molecule has 4 aliphatic carbocycles. The predicted molar refractivity (Wildman–Crippen MR) is 335 cm³/mol. The van der Waals surface area contributed by atoms with Crippen LogP contribution in [0.25, 0.3) is 83.8 Å². The van der Waals surface area contributed by atoms with Gasteiger partial charge in [-0.25, -0.2) is 9.97 Å². The second kappa shape index (κ2) is 20.1. The van der Waals surface area contributed by atoms with Crippen LogP contribution in [-0.4, -0.2) is 25.2 Å². The van der Waals surface area contributed by atoms with E-state index in [1.54, 1.807) is 0 Å². The molecule has 1 saturated carbocycles. The van der Waals surface area contributed by atoms with Gasteiger partial charge in [0, 0.05) is 74.8 Å². The van der Waals surface area contributed by atoms with Crippen LogP contribution in [0.5, 0.6) is 0 Å². The fourth-order valence-corrected chi connectivity index (χ4v) is 13.0. The predicted octanol–water partition coefficient (Wildman–Crippen LogP) is 18.5. The van der Waals surface area contributed by atoms with Crippen LogP contribution in [-0.2, 0) is 0 Å². The molecule has 0 spiro atoms. The molecule has 0 amide bonds. The Balaban J connectivity index is 0.822. The van der Waals surface area contributed by atoms with Crippen molar-refractivity contribution in [2.24, 2.45) is 22.7 Å². The zero-order valence-corrected chi connectivity index (χ0v) is 44.9. The summed E-state index contributed by atoms with van der Waals surface area (Å²) in [6.45, 7) is 8.26. The Kier molecular flexibility index (Phi) is 12.0. The molecule has 0 N–H and O–H groups in total. The highest BCUT2D eigenvalue weighted by Crippen LogP contribution is 2.58. The minimum absolute atomic E-state index is 0.0205. The van der Waals surface area contributed by atoms with Crippen LogP contribution in [0.1, 0.15) is 64.1 Å². The average molecular weight is 1040 g/mol. The number of allylic oxidation sites excluding steroid dienone is 13. The van der Waals surface area contributed by atoms with Crippen molar-refractivity contribution in [3.05, 3.63) is 313 Å². The van der Waals surface area contributed by atoms with E-state index in [0.29, 0.717) is 17.8 Å². The van der Waals surface area contributed by atoms with Crippen molar-refractivity contribution in [1.82, 2.24) is 19.5 Å². The lowest BCUT2D eigenvalue weighted by atomic mass is 9.85. The van der Waals surface area contributed by atoms with Crippen molar-refractivity contribution in [3.63, 3.8) is 0 Å². The van der Waals surface area contributed by atoms with Crippen molar-refractivity contribution in [2.45, 2.75) is 30.6 Å². The molecule has 0 saturated heterocycles. The van der Waals surface area contributed by atoms with E-state index in [1.807, 2.05) is 18.3 Å². The summed E-state index contributed by atoms with van der Waals surface area (Å²) in [6, 6.07) is 68.0. The van der Waals surface area contributed by atoms with E-state index in [0.717, 1.165) is 103 Å². The first-order valence-electron chi connectivity index (χ1n) is 28.4. The van der Waals surface area contributed by atoms with Gasteiger partial charge in [0.15, 0.2) is 0 Å². The van der Waals surface area contributed by atoms with E-state index in [4.69, 9.17) is 19.9 Å². The third-order valence-electron chi connectivity index (χ3n) is 17.3. The summed E-state index contributed by atoms with van der Waals surface area (Å²) in [6.07, 6.45) is 27.9. The Morgan fingerprint density at radius 1 is 0.494 bits per heavy atom. The van der Waals surface area contributed by atoms with Crippen LogP contribution in [0.15, 0.2) is 285 Å². The van der Waals surface area contributed by atoms with Gasteiger partial charge in [-0.05, 0) is 129 Å². The van der Waals surface area contributed by atoms with Crippen molar-refractivity contribution in [3.8, 4) is 50.7 Å². The Bertz CT molecular complexity index is 4320. The summed E-state index contributed by atoms with van der Waals surface area (Å²) in [5.41, 5.74) is 22.0. The molecule has 4 aromatic heterocycles. The molecule has 1 aliphatic heterocycles. The monoisotopic (exact) mass is 1040 g/mol. The average Bonchev–Trinajstić information content (AvgIpc) is 4.31. The maximum Gasteiger partial charge on any atom is 0.138 e. The van der Waals surface area contributed by atoms with Crippen molar-refractivity contribution >= 4 is 38.8 Å². The second-order valence-electron chi connectivity index (χ2n) is 22.1. The van der Waals surface area contributed by atoms with Gasteiger partial charge in [-0.3, -0.25) is 14.5 Å². The molecule has 386 valence electrons. The summed E-state index contributed by atoms with van der Waals surface area (Å²) >= 11 is 0. The second-order valence-corrected chi connectivity index (χ2v) is 22.1. The molecule has 0 radical (unpaired) electrons. The van der Waals surface area contributed by atoms with Crippen molar-refractivity contribution in [1.29, 1.82) is 0 Å². The standard InChI is InChI=1S/C76H57N5/c1-3-60-61(4-2)75(60)55-33-35-72-64(39-55)65-40-56(76-62-27-17-18-28-63(62)76)34-36-73(65)81(72)74-47-54(37-38-77-74)48-29-31-49(32-30-48)57-41-70(58-43-66(50-19-9-5-10-20-50)78-67(44-58)51-21-11-6-12-22-51)80-71(42-57)59-45-68(52-23-13-7-14-24-52)79-69(46-59)53-25-15-8-16-26-53/h3-25,27-41,43-47,53,57,60,62-63,76H,1-2,26,42H2/t53?,57-,60?,62+,63?,76?/m1/s1. The molecular formula is C76H57N5. The molecule has 15 rings (SSSR count). The third kappa shape index (κ3) is 8.92. The van der Waals surface area contributed by atoms with E-state index in [1.165, 1.54) is 38.6 Å². The van der Waals surface area contributed by atoms with Gasteiger partial charge < -0.3 is 0 Å². The SMILES string of the molecule is C=CC1=C(c2ccc3c(c2)c2cc(C4C5C=CC=C[C@@H]54)ccc2n3-c2cc(-c3ccc([C@@H]4C=C(c5cc(-c6ccccc6)nc(-c6ccccc6)c5)N=C(c5cc(-c6ccccc6)nc(C6C=CC=CC6)c5)C4)cc3)ccn2)C1C=C. The smallest absolute Gasteiger partial charge is 0.138 e. The number of fused-ring (bicyclic) bond motifs is 4. The van der Waals surface area contributed by atoms with Crippen LogP contribution in [0.2, 0.25) is 0 Å². The van der Waals surface area contributed by atoms with E-state index in [2.05, 4.69) is 260 Å². The van der Waals surface area contributed by atoms with Gasteiger partial charge in [0.25, 0.3) is 0 Å². The fraction of sp³-hybridized carbons (Fsp3) is 0.105. The first kappa shape index (κ1) is 48.3. The lowest BCUT2D eigenvalue weighted by Crippen LogP contribution is -2.14. The molecule has 1 fully saturated rings. The summed E-state index contributed by atoms with van der Waals surface area (Å²) in [4.78, 5) is 21.3. The summed E-state index contributed by atoms with van der Waals surface area (Å²) in [7, 11) is 0. The number of hydrogen-bond acceptors (Lipinski definition) is 4. The minimum Gasteiger partial charge on any atom is -0.294 e. The normalized spacial score (nSPS) is 20.5. The zero-order chi connectivity index (χ0) is 54.0. The molecule has 5 heterocycles.